The minimum atomic E-state index is -1.24. The molecule has 0 unspecified atom stereocenters. The standard InChI is InChI=1S/C15H13FN2O3/c1-9(10-5-2-3-7-12(10)16)18-14(19)13-11(15(20)21)6-4-8-17-13/h2-9H,1H3,(H,18,19)(H,20,21)/t9-/m0/s1. The Kier molecular flexibility index (Phi) is 4.27. The van der Waals surface area contributed by atoms with E-state index in [-0.39, 0.29) is 11.3 Å². The van der Waals surface area contributed by atoms with Crippen molar-refractivity contribution in [2.75, 3.05) is 0 Å². The molecule has 2 N–H and O–H groups in total. The van der Waals surface area contributed by atoms with Crippen LogP contribution in [-0.2, 0) is 0 Å². The maximum absolute atomic E-state index is 13.6. The summed E-state index contributed by atoms with van der Waals surface area (Å²) in [4.78, 5) is 26.9. The second-order valence-corrected chi connectivity index (χ2v) is 4.42. The number of carbonyl (C=O) groups is 2. The third-order valence-corrected chi connectivity index (χ3v) is 2.97. The van der Waals surface area contributed by atoms with Gasteiger partial charge in [-0.25, -0.2) is 9.18 Å². The van der Waals surface area contributed by atoms with E-state index in [1.165, 1.54) is 24.4 Å². The minimum Gasteiger partial charge on any atom is -0.478 e. The molecule has 0 radical (unpaired) electrons. The Hall–Kier alpha value is -2.76. The van der Waals surface area contributed by atoms with E-state index < -0.39 is 23.7 Å². The lowest BCUT2D eigenvalue weighted by molar-refractivity contribution is 0.0689. The number of halogens is 1. The summed E-state index contributed by atoms with van der Waals surface area (Å²) >= 11 is 0. The second kappa shape index (κ2) is 6.13. The van der Waals surface area contributed by atoms with Gasteiger partial charge in [-0.1, -0.05) is 18.2 Å². The van der Waals surface area contributed by atoms with Crippen molar-refractivity contribution < 1.29 is 19.1 Å². The highest BCUT2D eigenvalue weighted by Crippen LogP contribution is 2.17. The van der Waals surface area contributed by atoms with Crippen molar-refractivity contribution in [2.24, 2.45) is 0 Å². The average Bonchev–Trinajstić information content (AvgIpc) is 2.47. The molecule has 2 rings (SSSR count). The van der Waals surface area contributed by atoms with Crippen molar-refractivity contribution in [1.82, 2.24) is 10.3 Å². The van der Waals surface area contributed by atoms with Gasteiger partial charge < -0.3 is 10.4 Å². The predicted octanol–water partition coefficient (Wildman–Crippen LogP) is 2.41. The zero-order valence-electron chi connectivity index (χ0n) is 11.2. The summed E-state index contributed by atoms with van der Waals surface area (Å²) in [5.41, 5.74) is -0.0809. The molecule has 0 fully saturated rings. The van der Waals surface area contributed by atoms with Crippen LogP contribution in [0, 0.1) is 5.82 Å². The third-order valence-electron chi connectivity index (χ3n) is 2.97. The molecule has 2 aromatic rings. The zero-order valence-corrected chi connectivity index (χ0v) is 11.2. The van der Waals surface area contributed by atoms with Crippen molar-refractivity contribution in [3.63, 3.8) is 0 Å². The van der Waals surface area contributed by atoms with Crippen LogP contribution < -0.4 is 5.32 Å². The summed E-state index contributed by atoms with van der Waals surface area (Å²) in [6.07, 6.45) is 1.33. The highest BCUT2D eigenvalue weighted by atomic mass is 19.1. The number of amides is 1. The van der Waals surface area contributed by atoms with Crippen LogP contribution in [-0.4, -0.2) is 22.0 Å². The van der Waals surface area contributed by atoms with Gasteiger partial charge in [-0.05, 0) is 25.1 Å². The molecule has 1 aromatic carbocycles. The van der Waals surface area contributed by atoms with Crippen LogP contribution in [0.3, 0.4) is 0 Å². The lowest BCUT2D eigenvalue weighted by Gasteiger charge is -2.15. The number of nitrogens with one attached hydrogen (secondary N) is 1. The first-order chi connectivity index (χ1) is 10.0. The first kappa shape index (κ1) is 14.6. The summed E-state index contributed by atoms with van der Waals surface area (Å²) in [6.45, 7) is 1.61. The average molecular weight is 288 g/mol. The number of aromatic carboxylic acids is 1. The Labute approximate surface area is 120 Å². The molecule has 1 heterocycles. The number of carboxylic acids is 1. The van der Waals surface area contributed by atoms with Crippen molar-refractivity contribution in [3.05, 3.63) is 65.2 Å². The van der Waals surface area contributed by atoms with E-state index in [0.717, 1.165) is 0 Å². The van der Waals surface area contributed by atoms with Crippen LogP contribution in [0.1, 0.15) is 39.4 Å². The number of hydrogen-bond acceptors (Lipinski definition) is 3. The maximum atomic E-state index is 13.6. The quantitative estimate of drug-likeness (QED) is 0.905. The fourth-order valence-corrected chi connectivity index (χ4v) is 1.93. The molecule has 0 saturated carbocycles. The molecule has 0 spiro atoms. The predicted molar refractivity (Wildman–Crippen MR) is 73.5 cm³/mol. The number of carboxylic acid groups (broad SMARTS) is 1. The summed E-state index contributed by atoms with van der Waals surface area (Å²) in [5, 5.41) is 11.6. The molecular formula is C15H13FN2O3. The van der Waals surface area contributed by atoms with Crippen molar-refractivity contribution >= 4 is 11.9 Å². The van der Waals surface area contributed by atoms with Crippen LogP contribution in [0.5, 0.6) is 0 Å². The second-order valence-electron chi connectivity index (χ2n) is 4.42. The number of benzene rings is 1. The van der Waals surface area contributed by atoms with Gasteiger partial charge in [-0.3, -0.25) is 9.78 Å². The Morgan fingerprint density at radius 1 is 1.24 bits per heavy atom. The van der Waals surface area contributed by atoms with Gasteiger partial charge in [0.2, 0.25) is 0 Å². The van der Waals surface area contributed by atoms with Crippen LogP contribution in [0.4, 0.5) is 4.39 Å². The Morgan fingerprint density at radius 2 is 1.95 bits per heavy atom. The smallest absolute Gasteiger partial charge is 0.338 e. The number of hydrogen-bond donors (Lipinski definition) is 2. The van der Waals surface area contributed by atoms with E-state index in [1.54, 1.807) is 25.1 Å². The summed E-state index contributed by atoms with van der Waals surface area (Å²) in [6, 6.07) is 8.16. The van der Waals surface area contributed by atoms with Crippen LogP contribution in [0.15, 0.2) is 42.6 Å². The zero-order chi connectivity index (χ0) is 15.4. The highest BCUT2D eigenvalue weighted by molar-refractivity contribution is 6.03. The summed E-state index contributed by atoms with van der Waals surface area (Å²) in [5.74, 6) is -2.35. The number of nitrogens with zero attached hydrogens (tertiary/aromatic N) is 1. The topological polar surface area (TPSA) is 79.3 Å². The van der Waals surface area contributed by atoms with Gasteiger partial charge in [0.25, 0.3) is 5.91 Å². The molecule has 0 aliphatic carbocycles. The van der Waals surface area contributed by atoms with E-state index in [2.05, 4.69) is 10.3 Å². The first-order valence-electron chi connectivity index (χ1n) is 6.24. The SMILES string of the molecule is C[C@H](NC(=O)c1ncccc1C(=O)O)c1ccccc1F. The van der Waals surface area contributed by atoms with Crippen molar-refractivity contribution in [3.8, 4) is 0 Å². The molecule has 0 aliphatic heterocycles. The van der Waals surface area contributed by atoms with Gasteiger partial charge in [-0.2, -0.15) is 0 Å². The molecule has 1 amide bonds. The molecule has 108 valence electrons. The maximum Gasteiger partial charge on any atom is 0.338 e. The molecule has 0 bridgehead atoms. The molecule has 0 aliphatic rings. The summed E-state index contributed by atoms with van der Waals surface area (Å²) < 4.78 is 13.6. The molecule has 1 atom stereocenters. The molecule has 0 saturated heterocycles. The highest BCUT2D eigenvalue weighted by Gasteiger charge is 2.20. The lowest BCUT2D eigenvalue weighted by atomic mass is 10.1. The molecular weight excluding hydrogens is 275 g/mol. The molecule has 1 aromatic heterocycles. The Bertz CT molecular complexity index is 688. The van der Waals surface area contributed by atoms with Crippen molar-refractivity contribution in [1.29, 1.82) is 0 Å². The van der Waals surface area contributed by atoms with Crippen LogP contribution >= 0.6 is 0 Å². The normalized spacial score (nSPS) is 11.7. The van der Waals surface area contributed by atoms with E-state index in [0.29, 0.717) is 5.56 Å². The molecule has 21 heavy (non-hydrogen) atoms. The van der Waals surface area contributed by atoms with Gasteiger partial charge in [0, 0.05) is 11.8 Å². The van der Waals surface area contributed by atoms with Gasteiger partial charge >= 0.3 is 5.97 Å². The van der Waals surface area contributed by atoms with E-state index in [9.17, 15) is 14.0 Å². The Morgan fingerprint density at radius 3 is 2.62 bits per heavy atom. The first-order valence-corrected chi connectivity index (χ1v) is 6.24. The largest absolute Gasteiger partial charge is 0.478 e. The van der Waals surface area contributed by atoms with Gasteiger partial charge in [-0.15, -0.1) is 0 Å². The molecule has 5 nitrogen and oxygen atoms in total. The lowest BCUT2D eigenvalue weighted by Crippen LogP contribution is -2.29. The fraction of sp³-hybridized carbons (Fsp3) is 0.133. The van der Waals surface area contributed by atoms with Gasteiger partial charge in [0.15, 0.2) is 0 Å². The molecule has 6 heteroatoms. The minimum absolute atomic E-state index is 0.198. The number of rotatable bonds is 4. The number of aromatic nitrogens is 1. The Balaban J connectivity index is 2.23. The van der Waals surface area contributed by atoms with Gasteiger partial charge in [0.1, 0.15) is 11.5 Å². The van der Waals surface area contributed by atoms with E-state index >= 15 is 0 Å². The van der Waals surface area contributed by atoms with Crippen LogP contribution in [0.2, 0.25) is 0 Å². The van der Waals surface area contributed by atoms with Gasteiger partial charge in [0.05, 0.1) is 11.6 Å². The van der Waals surface area contributed by atoms with Crippen LogP contribution in [0.25, 0.3) is 0 Å². The fourth-order valence-electron chi connectivity index (χ4n) is 1.93. The van der Waals surface area contributed by atoms with E-state index in [1.807, 2.05) is 0 Å². The number of carbonyl (C=O) groups excluding carboxylic acids is 1. The van der Waals surface area contributed by atoms with E-state index in [4.69, 9.17) is 5.11 Å². The summed E-state index contributed by atoms with van der Waals surface area (Å²) in [7, 11) is 0. The van der Waals surface area contributed by atoms with Crippen molar-refractivity contribution in [2.45, 2.75) is 13.0 Å². The monoisotopic (exact) mass is 288 g/mol. The third kappa shape index (κ3) is 3.22. The number of pyridine rings is 1.